The second-order valence-electron chi connectivity index (χ2n) is 8.81. The number of amides is 1. The van der Waals surface area contributed by atoms with Gasteiger partial charge >= 0.3 is 0 Å². The number of hydrogen-bond donors (Lipinski definition) is 1. The van der Waals surface area contributed by atoms with Gasteiger partial charge in [-0.2, -0.15) is 0 Å². The van der Waals surface area contributed by atoms with Crippen molar-refractivity contribution in [3.8, 4) is 11.5 Å². The van der Waals surface area contributed by atoms with Crippen molar-refractivity contribution in [2.45, 2.75) is 82.8 Å². The van der Waals surface area contributed by atoms with Crippen LogP contribution in [0.15, 0.2) is 27.1 Å². The summed E-state index contributed by atoms with van der Waals surface area (Å²) in [5, 5.41) is 7.39. The van der Waals surface area contributed by atoms with Crippen LogP contribution in [0.25, 0.3) is 11.5 Å². The Labute approximate surface area is 184 Å². The Balaban J connectivity index is 1.46. The maximum Gasteiger partial charge on any atom is 0.276 e. The van der Waals surface area contributed by atoms with Crippen LogP contribution in [0.3, 0.4) is 0 Å². The molecule has 2 aromatic rings. The summed E-state index contributed by atoms with van der Waals surface area (Å²) in [6.45, 7) is 2.02. The van der Waals surface area contributed by atoms with Crippen LogP contribution in [-0.2, 0) is 11.3 Å². The first-order valence-corrected chi connectivity index (χ1v) is 11.8. The second kappa shape index (κ2) is 11.0. The van der Waals surface area contributed by atoms with Gasteiger partial charge in [-0.25, -0.2) is 0 Å². The average Bonchev–Trinajstić information content (AvgIpc) is 3.48. The van der Waals surface area contributed by atoms with Crippen LogP contribution in [0, 0.1) is 0 Å². The Bertz CT molecular complexity index is 800. The Morgan fingerprint density at radius 3 is 2.39 bits per heavy atom. The molecule has 0 aromatic carbocycles. The van der Waals surface area contributed by atoms with Gasteiger partial charge in [0.15, 0.2) is 11.5 Å². The zero-order valence-electron chi connectivity index (χ0n) is 18.6. The van der Waals surface area contributed by atoms with Crippen LogP contribution in [0.4, 0.5) is 0 Å². The van der Waals surface area contributed by atoms with E-state index in [0.29, 0.717) is 42.4 Å². The molecular weight excluding hydrogens is 394 g/mol. The Morgan fingerprint density at radius 1 is 1.06 bits per heavy atom. The van der Waals surface area contributed by atoms with Gasteiger partial charge in [-0.15, -0.1) is 0 Å². The molecule has 2 heterocycles. The van der Waals surface area contributed by atoms with Gasteiger partial charge in [-0.05, 0) is 37.8 Å². The van der Waals surface area contributed by atoms with Crippen LogP contribution >= 0.6 is 0 Å². The molecule has 0 bridgehead atoms. The fourth-order valence-corrected chi connectivity index (χ4v) is 4.96. The van der Waals surface area contributed by atoms with E-state index in [4.69, 9.17) is 13.7 Å². The largest absolute Gasteiger partial charge is 0.456 e. The van der Waals surface area contributed by atoms with Gasteiger partial charge in [0.1, 0.15) is 5.76 Å². The van der Waals surface area contributed by atoms with Gasteiger partial charge in [0.05, 0.1) is 13.2 Å². The normalized spacial score (nSPS) is 18.4. The lowest BCUT2D eigenvalue weighted by atomic mass is 9.88. The van der Waals surface area contributed by atoms with E-state index < -0.39 is 0 Å². The molecule has 2 fully saturated rings. The number of aromatic nitrogens is 1. The summed E-state index contributed by atoms with van der Waals surface area (Å²) < 4.78 is 16.4. The van der Waals surface area contributed by atoms with Gasteiger partial charge in [0.2, 0.25) is 5.76 Å². The third-order valence-corrected chi connectivity index (χ3v) is 6.59. The van der Waals surface area contributed by atoms with Gasteiger partial charge in [-0.1, -0.05) is 43.7 Å². The summed E-state index contributed by atoms with van der Waals surface area (Å²) >= 11 is 0. The summed E-state index contributed by atoms with van der Waals surface area (Å²) in [7, 11) is 1.68. The minimum Gasteiger partial charge on any atom is -0.456 e. The van der Waals surface area contributed by atoms with E-state index in [0.717, 1.165) is 38.0 Å². The fraction of sp³-hybridized carbons (Fsp3) is 0.667. The molecule has 0 aliphatic heterocycles. The standard InChI is InChI=1S/C24H35N3O4/c1-29-15-14-25-17-20-12-13-22(30-20)23-16-21(26-31-23)24(28)27(18-8-4-2-5-9-18)19-10-6-3-7-11-19/h12-13,16,18-19,25H,2-11,14-15,17H2,1H3. The first-order valence-electron chi connectivity index (χ1n) is 11.8. The molecule has 7 nitrogen and oxygen atoms in total. The number of carbonyl (C=O) groups excluding carboxylic acids is 1. The van der Waals surface area contributed by atoms with Gasteiger partial charge in [0.25, 0.3) is 5.91 Å². The predicted octanol–water partition coefficient (Wildman–Crippen LogP) is 4.78. The molecule has 0 spiro atoms. The first kappa shape index (κ1) is 22.1. The van der Waals surface area contributed by atoms with E-state index in [1.165, 1.54) is 38.5 Å². The van der Waals surface area contributed by atoms with Crippen molar-refractivity contribution in [3.63, 3.8) is 0 Å². The third-order valence-electron chi connectivity index (χ3n) is 6.59. The zero-order valence-corrected chi connectivity index (χ0v) is 18.6. The topological polar surface area (TPSA) is 80.7 Å². The minimum absolute atomic E-state index is 0.0156. The highest BCUT2D eigenvalue weighted by molar-refractivity contribution is 5.93. The summed E-state index contributed by atoms with van der Waals surface area (Å²) in [6.07, 6.45) is 11.8. The minimum atomic E-state index is 0.0156. The number of rotatable bonds is 9. The number of nitrogens with zero attached hydrogens (tertiary/aromatic N) is 2. The van der Waals surface area contributed by atoms with Crippen molar-refractivity contribution in [2.24, 2.45) is 0 Å². The van der Waals surface area contributed by atoms with Crippen LogP contribution in [-0.4, -0.2) is 48.3 Å². The molecule has 4 rings (SSSR count). The Kier molecular flexibility index (Phi) is 7.81. The van der Waals surface area contributed by atoms with Crippen molar-refractivity contribution in [1.29, 1.82) is 0 Å². The SMILES string of the molecule is COCCNCc1ccc(-c2cc(C(=O)N(C3CCCCC3)C3CCCCC3)no2)o1. The number of furan rings is 1. The first-order chi connectivity index (χ1) is 15.3. The van der Waals surface area contributed by atoms with E-state index in [1.54, 1.807) is 13.2 Å². The number of hydrogen-bond acceptors (Lipinski definition) is 6. The smallest absolute Gasteiger partial charge is 0.276 e. The molecule has 0 atom stereocenters. The second-order valence-corrected chi connectivity index (χ2v) is 8.81. The molecule has 170 valence electrons. The van der Waals surface area contributed by atoms with Gasteiger partial charge < -0.3 is 23.9 Å². The van der Waals surface area contributed by atoms with Crippen molar-refractivity contribution in [1.82, 2.24) is 15.4 Å². The number of nitrogens with one attached hydrogen (secondary N) is 1. The third kappa shape index (κ3) is 5.57. The molecule has 0 radical (unpaired) electrons. The van der Waals surface area contributed by atoms with E-state index in [9.17, 15) is 4.79 Å². The molecule has 2 aromatic heterocycles. The van der Waals surface area contributed by atoms with Gasteiger partial charge in [0, 0.05) is 31.8 Å². The highest BCUT2D eigenvalue weighted by atomic mass is 16.5. The molecule has 0 saturated heterocycles. The van der Waals surface area contributed by atoms with Crippen LogP contribution < -0.4 is 5.32 Å². The Hall–Kier alpha value is -2.12. The predicted molar refractivity (Wildman–Crippen MR) is 118 cm³/mol. The summed E-state index contributed by atoms with van der Waals surface area (Å²) in [5.41, 5.74) is 0.391. The highest BCUT2D eigenvalue weighted by Gasteiger charge is 2.34. The molecule has 1 amide bonds. The van der Waals surface area contributed by atoms with E-state index in [1.807, 2.05) is 12.1 Å². The van der Waals surface area contributed by atoms with Crippen LogP contribution in [0.1, 0.15) is 80.5 Å². The fourth-order valence-electron chi connectivity index (χ4n) is 4.96. The van der Waals surface area contributed by atoms with Crippen molar-refractivity contribution >= 4 is 5.91 Å². The van der Waals surface area contributed by atoms with Crippen molar-refractivity contribution in [2.75, 3.05) is 20.3 Å². The number of methoxy groups -OCH3 is 1. The molecule has 2 aliphatic carbocycles. The van der Waals surface area contributed by atoms with Gasteiger partial charge in [-0.3, -0.25) is 4.79 Å². The molecule has 1 N–H and O–H groups in total. The summed E-state index contributed by atoms with van der Waals surface area (Å²) in [5.74, 6) is 1.92. The van der Waals surface area contributed by atoms with E-state index in [-0.39, 0.29) is 5.91 Å². The Morgan fingerprint density at radius 2 is 1.74 bits per heavy atom. The molecule has 7 heteroatoms. The molecule has 2 saturated carbocycles. The monoisotopic (exact) mass is 429 g/mol. The summed E-state index contributed by atoms with van der Waals surface area (Å²) in [6, 6.07) is 6.18. The lowest BCUT2D eigenvalue weighted by molar-refractivity contribution is 0.0438. The maximum atomic E-state index is 13.5. The molecule has 31 heavy (non-hydrogen) atoms. The van der Waals surface area contributed by atoms with E-state index in [2.05, 4.69) is 15.4 Å². The highest BCUT2D eigenvalue weighted by Crippen LogP contribution is 2.32. The average molecular weight is 430 g/mol. The van der Waals surface area contributed by atoms with Crippen molar-refractivity contribution < 1.29 is 18.5 Å². The molecule has 0 unspecified atom stereocenters. The molecular formula is C24H35N3O4. The summed E-state index contributed by atoms with van der Waals surface area (Å²) in [4.78, 5) is 15.7. The van der Waals surface area contributed by atoms with Crippen molar-refractivity contribution in [3.05, 3.63) is 29.7 Å². The number of carbonyl (C=O) groups is 1. The molecule has 2 aliphatic rings. The maximum absolute atomic E-state index is 13.5. The zero-order chi connectivity index (χ0) is 21.5. The lowest BCUT2D eigenvalue weighted by Gasteiger charge is -2.41. The quantitative estimate of drug-likeness (QED) is 0.578. The van der Waals surface area contributed by atoms with Crippen LogP contribution in [0.2, 0.25) is 0 Å². The van der Waals surface area contributed by atoms with E-state index >= 15 is 0 Å². The van der Waals surface area contributed by atoms with Crippen LogP contribution in [0.5, 0.6) is 0 Å². The number of ether oxygens (including phenoxy) is 1. The lowest BCUT2D eigenvalue weighted by Crippen LogP contribution is -2.48.